The van der Waals surface area contributed by atoms with E-state index in [1.54, 1.807) is 18.3 Å². The minimum absolute atomic E-state index is 0.0356. The van der Waals surface area contributed by atoms with E-state index < -0.39 is 24.8 Å². The van der Waals surface area contributed by atoms with Gasteiger partial charge in [-0.15, -0.1) is 0 Å². The standard InChI is InChI=1S/C25H24F3N5O/c1-16-30-21(14-24(31-16)32(2)3)18-8-10-33-22(15-29-23(33)13-18)19-6-4-5-17(11-19)12-20(34)7-9-25(26,27)28/h4-6,8,10-11,13-15H,7,9,12H2,1-3H3. The predicted molar refractivity (Wildman–Crippen MR) is 125 cm³/mol. The monoisotopic (exact) mass is 467 g/mol. The van der Waals surface area contributed by atoms with E-state index in [2.05, 4.69) is 15.0 Å². The fourth-order valence-electron chi connectivity index (χ4n) is 3.72. The van der Waals surface area contributed by atoms with Crippen LogP contribution in [-0.4, -0.2) is 45.4 Å². The number of hydrogen-bond acceptors (Lipinski definition) is 5. The van der Waals surface area contributed by atoms with Crippen LogP contribution in [-0.2, 0) is 11.2 Å². The lowest BCUT2D eigenvalue weighted by molar-refractivity contribution is -0.143. The summed E-state index contributed by atoms with van der Waals surface area (Å²) in [6.07, 6.45) is -2.33. The highest BCUT2D eigenvalue weighted by Crippen LogP contribution is 2.27. The molecule has 34 heavy (non-hydrogen) atoms. The molecule has 1 aromatic carbocycles. The predicted octanol–water partition coefficient (Wildman–Crippen LogP) is 5.29. The average molecular weight is 467 g/mol. The lowest BCUT2D eigenvalue weighted by Crippen LogP contribution is -2.12. The van der Waals surface area contributed by atoms with Crippen LogP contribution in [0.15, 0.2) is 54.9 Å². The number of nitrogens with zero attached hydrogens (tertiary/aromatic N) is 5. The number of fused-ring (bicyclic) bond motifs is 1. The number of aryl methyl sites for hydroxylation is 1. The van der Waals surface area contributed by atoms with Crippen molar-refractivity contribution in [3.63, 3.8) is 0 Å². The van der Waals surface area contributed by atoms with Gasteiger partial charge in [-0.3, -0.25) is 9.20 Å². The molecular weight excluding hydrogens is 443 g/mol. The second-order valence-corrected chi connectivity index (χ2v) is 8.37. The highest BCUT2D eigenvalue weighted by atomic mass is 19.4. The van der Waals surface area contributed by atoms with E-state index in [4.69, 9.17) is 0 Å². The number of hydrogen-bond donors (Lipinski definition) is 0. The van der Waals surface area contributed by atoms with Crippen LogP contribution in [0.1, 0.15) is 24.2 Å². The van der Waals surface area contributed by atoms with Crippen molar-refractivity contribution >= 4 is 17.2 Å². The quantitative estimate of drug-likeness (QED) is 0.370. The van der Waals surface area contributed by atoms with Gasteiger partial charge in [0, 0.05) is 50.3 Å². The summed E-state index contributed by atoms with van der Waals surface area (Å²) in [5.74, 6) is 1.05. The fourth-order valence-corrected chi connectivity index (χ4v) is 3.72. The molecule has 176 valence electrons. The maximum Gasteiger partial charge on any atom is 0.389 e. The molecule has 4 aromatic rings. The number of aromatic nitrogens is 4. The zero-order valence-corrected chi connectivity index (χ0v) is 19.1. The Labute approximate surface area is 195 Å². The fraction of sp³-hybridized carbons (Fsp3) is 0.280. The number of anilines is 1. The Morgan fingerprint density at radius 2 is 1.85 bits per heavy atom. The molecule has 9 heteroatoms. The van der Waals surface area contributed by atoms with E-state index in [0.717, 1.165) is 34.0 Å². The van der Waals surface area contributed by atoms with Crippen LogP contribution in [0.25, 0.3) is 28.2 Å². The van der Waals surface area contributed by atoms with Gasteiger partial charge < -0.3 is 4.90 Å². The molecule has 0 saturated heterocycles. The number of pyridine rings is 1. The summed E-state index contributed by atoms with van der Waals surface area (Å²) in [6, 6.07) is 13.1. The lowest BCUT2D eigenvalue weighted by Gasteiger charge is -2.13. The van der Waals surface area contributed by atoms with Crippen molar-refractivity contribution in [1.29, 1.82) is 0 Å². The van der Waals surface area contributed by atoms with E-state index in [9.17, 15) is 18.0 Å². The summed E-state index contributed by atoms with van der Waals surface area (Å²) in [5.41, 5.74) is 4.74. The molecule has 0 fully saturated rings. The molecule has 0 N–H and O–H groups in total. The molecule has 0 aliphatic heterocycles. The number of rotatable bonds is 7. The first-order chi connectivity index (χ1) is 16.1. The summed E-state index contributed by atoms with van der Waals surface area (Å²) in [6.45, 7) is 1.85. The number of imidazole rings is 1. The molecule has 4 rings (SSSR count). The highest BCUT2D eigenvalue weighted by molar-refractivity contribution is 5.81. The van der Waals surface area contributed by atoms with E-state index >= 15 is 0 Å². The van der Waals surface area contributed by atoms with Crippen LogP contribution < -0.4 is 4.90 Å². The van der Waals surface area contributed by atoms with Gasteiger partial charge in [0.05, 0.1) is 24.0 Å². The number of carbonyl (C=O) groups excluding carboxylic acids is 1. The van der Waals surface area contributed by atoms with Gasteiger partial charge in [-0.05, 0) is 30.7 Å². The van der Waals surface area contributed by atoms with Gasteiger partial charge in [-0.25, -0.2) is 15.0 Å². The minimum atomic E-state index is -4.33. The van der Waals surface area contributed by atoms with Crippen LogP contribution >= 0.6 is 0 Å². The van der Waals surface area contributed by atoms with Gasteiger partial charge in [0.2, 0.25) is 0 Å². The molecule has 0 amide bonds. The lowest BCUT2D eigenvalue weighted by atomic mass is 10.0. The van der Waals surface area contributed by atoms with Gasteiger partial charge in [0.25, 0.3) is 0 Å². The number of ketones is 1. The molecule has 0 radical (unpaired) electrons. The van der Waals surface area contributed by atoms with E-state index in [0.29, 0.717) is 11.4 Å². The van der Waals surface area contributed by atoms with Crippen LogP contribution in [0.5, 0.6) is 0 Å². The van der Waals surface area contributed by atoms with Crippen molar-refractivity contribution < 1.29 is 18.0 Å². The Morgan fingerprint density at radius 3 is 2.59 bits per heavy atom. The Bertz CT molecular complexity index is 1340. The molecule has 0 bridgehead atoms. The van der Waals surface area contributed by atoms with E-state index in [1.165, 1.54) is 0 Å². The molecular formula is C25H24F3N5O. The topological polar surface area (TPSA) is 63.4 Å². The second-order valence-electron chi connectivity index (χ2n) is 8.37. The summed E-state index contributed by atoms with van der Waals surface area (Å²) >= 11 is 0. The third-order valence-corrected chi connectivity index (χ3v) is 5.40. The number of carbonyl (C=O) groups is 1. The number of halogens is 3. The first kappa shape index (κ1) is 23.4. The van der Waals surface area contributed by atoms with Gasteiger partial charge in [0.15, 0.2) is 0 Å². The summed E-state index contributed by atoms with van der Waals surface area (Å²) in [4.78, 5) is 27.4. The zero-order valence-electron chi connectivity index (χ0n) is 19.1. The SMILES string of the molecule is Cc1nc(-c2ccn3c(-c4cccc(CC(=O)CCC(F)(F)F)c4)cnc3c2)cc(N(C)C)n1. The van der Waals surface area contributed by atoms with Crippen molar-refractivity contribution in [3.05, 3.63) is 66.2 Å². The molecule has 0 unspecified atom stereocenters. The van der Waals surface area contributed by atoms with Crippen LogP contribution in [0.3, 0.4) is 0 Å². The molecule has 0 spiro atoms. The smallest absolute Gasteiger partial charge is 0.363 e. The summed E-state index contributed by atoms with van der Waals surface area (Å²) in [7, 11) is 3.85. The van der Waals surface area contributed by atoms with Gasteiger partial charge in [-0.2, -0.15) is 13.2 Å². The maximum absolute atomic E-state index is 12.4. The maximum atomic E-state index is 12.4. The van der Waals surface area contributed by atoms with Crippen molar-refractivity contribution in [2.75, 3.05) is 19.0 Å². The second kappa shape index (κ2) is 9.24. The molecule has 3 heterocycles. The molecule has 0 aliphatic rings. The van der Waals surface area contributed by atoms with Crippen molar-refractivity contribution in [2.24, 2.45) is 0 Å². The zero-order chi connectivity index (χ0) is 24.5. The first-order valence-corrected chi connectivity index (χ1v) is 10.8. The Morgan fingerprint density at radius 1 is 1.06 bits per heavy atom. The summed E-state index contributed by atoms with van der Waals surface area (Å²) < 4.78 is 39.1. The van der Waals surface area contributed by atoms with Crippen LogP contribution in [0.4, 0.5) is 19.0 Å². The molecule has 3 aromatic heterocycles. The molecule has 0 atom stereocenters. The normalized spacial score (nSPS) is 11.7. The highest BCUT2D eigenvalue weighted by Gasteiger charge is 2.27. The van der Waals surface area contributed by atoms with Crippen molar-refractivity contribution in [2.45, 2.75) is 32.4 Å². The van der Waals surface area contributed by atoms with Gasteiger partial charge in [0.1, 0.15) is 23.1 Å². The Hall–Kier alpha value is -3.75. The van der Waals surface area contributed by atoms with Crippen LogP contribution in [0, 0.1) is 6.92 Å². The number of Topliss-reactive ketones (excluding diaryl/α,β-unsaturated/α-hetero) is 1. The van der Waals surface area contributed by atoms with Crippen LogP contribution in [0.2, 0.25) is 0 Å². The van der Waals surface area contributed by atoms with Crippen molar-refractivity contribution in [3.8, 4) is 22.5 Å². The number of alkyl halides is 3. The first-order valence-electron chi connectivity index (χ1n) is 10.8. The molecule has 0 aliphatic carbocycles. The third kappa shape index (κ3) is 5.41. The van der Waals surface area contributed by atoms with Gasteiger partial charge >= 0.3 is 6.18 Å². The largest absolute Gasteiger partial charge is 0.389 e. The third-order valence-electron chi connectivity index (χ3n) is 5.40. The Kier molecular flexibility index (Phi) is 6.37. The van der Waals surface area contributed by atoms with E-state index in [-0.39, 0.29) is 6.42 Å². The van der Waals surface area contributed by atoms with E-state index in [1.807, 2.05) is 66.8 Å². The van der Waals surface area contributed by atoms with Crippen molar-refractivity contribution in [1.82, 2.24) is 19.4 Å². The Balaban J connectivity index is 1.60. The minimum Gasteiger partial charge on any atom is -0.363 e. The number of benzene rings is 1. The van der Waals surface area contributed by atoms with Gasteiger partial charge in [-0.1, -0.05) is 18.2 Å². The summed E-state index contributed by atoms with van der Waals surface area (Å²) in [5, 5.41) is 0. The average Bonchev–Trinajstić information content (AvgIpc) is 3.20. The molecule has 0 saturated carbocycles. The molecule has 6 nitrogen and oxygen atoms in total.